The topological polar surface area (TPSA) is 127 Å². The summed E-state index contributed by atoms with van der Waals surface area (Å²) in [4.78, 5) is 46.5. The first-order chi connectivity index (χ1) is 11.7. The van der Waals surface area contributed by atoms with Crippen LogP contribution >= 0.6 is 11.8 Å². The number of nitro groups is 1. The van der Waals surface area contributed by atoms with E-state index in [0.29, 0.717) is 11.8 Å². The Morgan fingerprint density at radius 2 is 2.12 bits per heavy atom. The highest BCUT2D eigenvalue weighted by Gasteiger charge is 2.37. The Morgan fingerprint density at radius 1 is 1.44 bits per heavy atom. The number of hydrogen-bond acceptors (Lipinski definition) is 8. The summed E-state index contributed by atoms with van der Waals surface area (Å²) in [5.74, 6) is -2.07. The molecule has 132 valence electrons. The minimum atomic E-state index is -0.764. The molecule has 0 saturated carbocycles. The second-order valence-electron chi connectivity index (χ2n) is 5.28. The van der Waals surface area contributed by atoms with Crippen molar-refractivity contribution in [1.29, 1.82) is 0 Å². The van der Waals surface area contributed by atoms with E-state index < -0.39 is 40.0 Å². The number of nitro benzene ring substituents is 1. The molecule has 2 amide bonds. The van der Waals surface area contributed by atoms with Gasteiger partial charge < -0.3 is 9.84 Å². The van der Waals surface area contributed by atoms with E-state index in [-0.39, 0.29) is 16.6 Å². The molecule has 0 aliphatic carbocycles. The molecule has 0 aromatic heterocycles. The molecule has 0 bridgehead atoms. The van der Waals surface area contributed by atoms with Gasteiger partial charge in [0.15, 0.2) is 0 Å². The summed E-state index contributed by atoms with van der Waals surface area (Å²) in [5.41, 5.74) is -0.502. The van der Waals surface area contributed by atoms with Gasteiger partial charge in [-0.25, -0.2) is 0 Å². The Bertz CT molecular complexity index is 788. The van der Waals surface area contributed by atoms with Crippen LogP contribution in [0.5, 0.6) is 5.75 Å². The zero-order valence-electron chi connectivity index (χ0n) is 13.3. The highest BCUT2D eigenvalue weighted by atomic mass is 32.2. The van der Waals surface area contributed by atoms with Gasteiger partial charge in [-0.3, -0.25) is 29.4 Å². The van der Waals surface area contributed by atoms with Crippen molar-refractivity contribution in [3.63, 3.8) is 0 Å². The van der Waals surface area contributed by atoms with E-state index in [2.05, 4.69) is 0 Å². The summed E-state index contributed by atoms with van der Waals surface area (Å²) in [6.07, 6.45) is 0.783. The van der Waals surface area contributed by atoms with Crippen molar-refractivity contribution in [3.8, 4) is 5.75 Å². The fourth-order valence-corrected chi connectivity index (χ4v) is 2.85. The molecule has 2 rings (SSSR count). The minimum Gasteiger partial charge on any atom is -0.502 e. The molecule has 0 radical (unpaired) electrons. The number of carbonyl (C=O) groups excluding carboxylic acids is 3. The molecule has 25 heavy (non-hydrogen) atoms. The number of carbonyl (C=O) groups is 3. The maximum absolute atomic E-state index is 12.3. The molecule has 0 unspecified atom stereocenters. The van der Waals surface area contributed by atoms with E-state index >= 15 is 0 Å². The lowest BCUT2D eigenvalue weighted by Gasteiger charge is -2.13. The molecular weight excluding hydrogens is 352 g/mol. The quantitative estimate of drug-likeness (QED) is 0.364. The van der Waals surface area contributed by atoms with Gasteiger partial charge in [0.1, 0.15) is 6.54 Å². The summed E-state index contributed by atoms with van der Waals surface area (Å²) in [6.45, 7) is 2.74. The molecule has 1 saturated heterocycles. The summed E-state index contributed by atoms with van der Waals surface area (Å²) in [7, 11) is 0. The Kier molecular flexibility index (Phi) is 5.42. The highest BCUT2D eigenvalue weighted by molar-refractivity contribution is 8.18. The number of amides is 2. The third-order valence-corrected chi connectivity index (χ3v) is 3.96. The van der Waals surface area contributed by atoms with E-state index in [1.807, 2.05) is 0 Å². The van der Waals surface area contributed by atoms with Crippen molar-refractivity contribution in [3.05, 3.63) is 38.8 Å². The standard InChI is InChI=1S/C15H14N2O7S/c1-8(2)24-12(18)7-16-14(20)11(25-15(16)21)6-9-4-3-5-10(13(9)19)17(22)23/h3-6,8,19H,7H2,1-2H3/b11-6-. The minimum absolute atomic E-state index is 0.0180. The SMILES string of the molecule is CC(C)OC(=O)CN1C(=O)S/C(=C\c2cccc([N+](=O)[O-])c2O)C1=O. The van der Waals surface area contributed by atoms with Crippen LogP contribution in [0.4, 0.5) is 10.5 Å². The van der Waals surface area contributed by atoms with Crippen LogP contribution in [0.3, 0.4) is 0 Å². The second kappa shape index (κ2) is 7.34. The normalized spacial score (nSPS) is 16.0. The van der Waals surface area contributed by atoms with Gasteiger partial charge in [-0.1, -0.05) is 12.1 Å². The lowest BCUT2D eigenvalue weighted by atomic mass is 10.1. The fourth-order valence-electron chi connectivity index (χ4n) is 2.02. The summed E-state index contributed by atoms with van der Waals surface area (Å²) >= 11 is 0.570. The van der Waals surface area contributed by atoms with Gasteiger partial charge in [0.05, 0.1) is 15.9 Å². The lowest BCUT2D eigenvalue weighted by molar-refractivity contribution is -0.385. The van der Waals surface area contributed by atoms with Crippen LogP contribution < -0.4 is 0 Å². The van der Waals surface area contributed by atoms with Crippen molar-refractivity contribution in [1.82, 2.24) is 4.90 Å². The molecule has 1 aliphatic rings. The van der Waals surface area contributed by atoms with Gasteiger partial charge in [0.25, 0.3) is 11.1 Å². The largest absolute Gasteiger partial charge is 0.502 e. The molecule has 9 nitrogen and oxygen atoms in total. The average Bonchev–Trinajstić information content (AvgIpc) is 2.76. The zero-order valence-corrected chi connectivity index (χ0v) is 14.1. The number of phenols is 1. The fraction of sp³-hybridized carbons (Fsp3) is 0.267. The smallest absolute Gasteiger partial charge is 0.326 e. The number of ether oxygens (including phenoxy) is 1. The molecule has 1 N–H and O–H groups in total. The lowest BCUT2D eigenvalue weighted by Crippen LogP contribution is -2.35. The maximum Gasteiger partial charge on any atom is 0.326 e. The van der Waals surface area contributed by atoms with Gasteiger partial charge in [-0.15, -0.1) is 0 Å². The van der Waals surface area contributed by atoms with Crippen LogP contribution in [0.25, 0.3) is 6.08 Å². The number of para-hydroxylation sites is 1. The van der Waals surface area contributed by atoms with Crippen LogP contribution in [0, 0.1) is 10.1 Å². The van der Waals surface area contributed by atoms with Crippen LogP contribution in [-0.4, -0.2) is 44.7 Å². The van der Waals surface area contributed by atoms with E-state index in [0.717, 1.165) is 11.0 Å². The summed E-state index contributed by atoms with van der Waals surface area (Å²) in [5, 5.41) is 20.1. The first kappa shape index (κ1) is 18.5. The molecule has 0 atom stereocenters. The average molecular weight is 366 g/mol. The van der Waals surface area contributed by atoms with Gasteiger partial charge in [-0.05, 0) is 31.7 Å². The second-order valence-corrected chi connectivity index (χ2v) is 6.27. The van der Waals surface area contributed by atoms with E-state index in [9.17, 15) is 29.6 Å². The third-order valence-electron chi connectivity index (χ3n) is 3.06. The van der Waals surface area contributed by atoms with Crippen molar-refractivity contribution >= 4 is 40.6 Å². The number of rotatable bonds is 5. The first-order valence-electron chi connectivity index (χ1n) is 7.12. The van der Waals surface area contributed by atoms with Gasteiger partial charge in [0, 0.05) is 11.6 Å². The molecular formula is C15H14N2O7S. The summed E-state index contributed by atoms with van der Waals surface area (Å²) in [6, 6.07) is 3.82. The number of nitrogens with zero attached hydrogens (tertiary/aromatic N) is 2. The zero-order chi connectivity index (χ0) is 18.7. The number of phenolic OH excluding ortho intramolecular Hbond substituents is 1. The van der Waals surface area contributed by atoms with Crippen molar-refractivity contribution in [2.45, 2.75) is 20.0 Å². The van der Waals surface area contributed by atoms with Crippen LogP contribution in [-0.2, 0) is 14.3 Å². The van der Waals surface area contributed by atoms with Gasteiger partial charge >= 0.3 is 11.7 Å². The van der Waals surface area contributed by atoms with Crippen molar-refractivity contribution < 1.29 is 29.2 Å². The van der Waals surface area contributed by atoms with Gasteiger partial charge in [0.2, 0.25) is 5.75 Å². The Balaban J connectivity index is 2.25. The van der Waals surface area contributed by atoms with Crippen LogP contribution in [0.2, 0.25) is 0 Å². The van der Waals surface area contributed by atoms with Crippen LogP contribution in [0.15, 0.2) is 23.1 Å². The predicted octanol–water partition coefficient (Wildman–Crippen LogP) is 2.29. The highest BCUT2D eigenvalue weighted by Crippen LogP contribution is 2.36. The number of benzene rings is 1. The molecule has 1 aliphatic heterocycles. The molecule has 1 aromatic carbocycles. The first-order valence-corrected chi connectivity index (χ1v) is 7.93. The van der Waals surface area contributed by atoms with E-state index in [4.69, 9.17) is 4.74 Å². The molecule has 1 heterocycles. The Morgan fingerprint density at radius 3 is 2.72 bits per heavy atom. The van der Waals surface area contributed by atoms with Crippen molar-refractivity contribution in [2.75, 3.05) is 6.54 Å². The number of imide groups is 1. The third kappa shape index (κ3) is 4.15. The Hall–Kier alpha value is -2.88. The van der Waals surface area contributed by atoms with Crippen molar-refractivity contribution in [2.24, 2.45) is 0 Å². The molecule has 10 heteroatoms. The molecule has 0 spiro atoms. The van der Waals surface area contributed by atoms with Crippen LogP contribution in [0.1, 0.15) is 19.4 Å². The Labute approximate surface area is 146 Å². The number of aromatic hydroxyl groups is 1. The molecule has 1 aromatic rings. The monoisotopic (exact) mass is 366 g/mol. The summed E-state index contributed by atoms with van der Waals surface area (Å²) < 4.78 is 4.89. The number of esters is 1. The molecule has 1 fully saturated rings. The van der Waals surface area contributed by atoms with E-state index in [1.54, 1.807) is 13.8 Å². The predicted molar refractivity (Wildman–Crippen MR) is 88.7 cm³/mol. The van der Waals surface area contributed by atoms with E-state index in [1.165, 1.54) is 18.2 Å². The number of hydrogen-bond donors (Lipinski definition) is 1. The maximum atomic E-state index is 12.3. The van der Waals surface area contributed by atoms with Gasteiger partial charge in [-0.2, -0.15) is 0 Å². The number of thioether (sulfide) groups is 1.